The topological polar surface area (TPSA) is 35.2 Å². The molecule has 0 saturated heterocycles. The maximum Gasteiger partial charge on any atom is 0.419 e. The van der Waals surface area contributed by atoms with Gasteiger partial charge in [0.2, 0.25) is 0 Å². The first kappa shape index (κ1) is 14.8. The fraction of sp³-hybridized carbons (Fsp3) is 0.417. The number of alkyl halides is 3. The van der Waals surface area contributed by atoms with E-state index in [9.17, 15) is 13.2 Å². The molecular weight excluding hydrogens is 263 g/mol. The van der Waals surface area contributed by atoms with Gasteiger partial charge in [0.05, 0.1) is 10.6 Å². The van der Waals surface area contributed by atoms with E-state index in [4.69, 9.17) is 22.7 Å². The molecule has 6 heteroatoms. The van der Waals surface area contributed by atoms with Gasteiger partial charge in [-0.25, -0.2) is 0 Å². The highest BCUT2D eigenvalue weighted by Gasteiger charge is 2.34. The maximum absolute atomic E-state index is 12.7. The van der Waals surface area contributed by atoms with E-state index in [1.54, 1.807) is 6.92 Å². The van der Waals surface area contributed by atoms with Crippen LogP contribution in [0.3, 0.4) is 0 Å². The van der Waals surface area contributed by atoms with E-state index in [1.165, 1.54) is 18.2 Å². The van der Waals surface area contributed by atoms with E-state index >= 15 is 0 Å². The Hall–Kier alpha value is -1.30. The summed E-state index contributed by atoms with van der Waals surface area (Å²) in [7, 11) is 0. The summed E-state index contributed by atoms with van der Waals surface area (Å²) in [5.41, 5.74) is 4.59. The predicted octanol–water partition coefficient (Wildman–Crippen LogP) is 3.54. The number of rotatable bonds is 5. The molecule has 0 fully saturated rings. The number of thiocarbonyl (C=S) groups is 1. The van der Waals surface area contributed by atoms with Crippen LogP contribution >= 0.6 is 12.2 Å². The molecule has 0 spiro atoms. The Bertz CT molecular complexity index is 420. The molecular formula is C12H14F3NOS. The van der Waals surface area contributed by atoms with Gasteiger partial charge in [0.25, 0.3) is 0 Å². The van der Waals surface area contributed by atoms with Crippen LogP contribution in [-0.2, 0) is 6.18 Å². The molecule has 2 N–H and O–H groups in total. The smallest absolute Gasteiger partial charge is 0.419 e. The molecule has 0 bridgehead atoms. The van der Waals surface area contributed by atoms with Gasteiger partial charge >= 0.3 is 6.18 Å². The van der Waals surface area contributed by atoms with Gasteiger partial charge in [-0.05, 0) is 18.6 Å². The molecule has 0 aliphatic heterocycles. The lowest BCUT2D eigenvalue weighted by molar-refractivity contribution is -0.139. The molecule has 0 radical (unpaired) electrons. The largest absolute Gasteiger partial charge is 0.489 e. The average Bonchev–Trinajstić information content (AvgIpc) is 2.26. The highest BCUT2D eigenvalue weighted by Crippen LogP contribution is 2.36. The normalized spacial score (nSPS) is 13.1. The van der Waals surface area contributed by atoms with E-state index in [0.29, 0.717) is 6.42 Å². The Balaban J connectivity index is 2.92. The van der Waals surface area contributed by atoms with Crippen molar-refractivity contribution in [1.82, 2.24) is 0 Å². The highest BCUT2D eigenvalue weighted by molar-refractivity contribution is 7.80. The first-order chi connectivity index (χ1) is 8.34. The van der Waals surface area contributed by atoms with Gasteiger partial charge < -0.3 is 10.5 Å². The van der Waals surface area contributed by atoms with Crippen LogP contribution in [0.2, 0.25) is 0 Å². The van der Waals surface area contributed by atoms with Gasteiger partial charge in [-0.2, -0.15) is 13.2 Å². The SMILES string of the molecule is CCC(CC(N)=S)Oc1ccccc1C(F)(F)F. The summed E-state index contributed by atoms with van der Waals surface area (Å²) in [6.07, 6.45) is -4.08. The third-order valence-electron chi connectivity index (χ3n) is 2.37. The summed E-state index contributed by atoms with van der Waals surface area (Å²) in [5, 5.41) is 0. The van der Waals surface area contributed by atoms with Gasteiger partial charge in [-0.3, -0.25) is 0 Å². The number of ether oxygens (including phenoxy) is 1. The minimum atomic E-state index is -4.43. The van der Waals surface area contributed by atoms with Gasteiger partial charge in [0.1, 0.15) is 11.9 Å². The molecule has 1 unspecified atom stereocenters. The lowest BCUT2D eigenvalue weighted by Crippen LogP contribution is -2.24. The van der Waals surface area contributed by atoms with Crippen molar-refractivity contribution in [3.8, 4) is 5.75 Å². The van der Waals surface area contributed by atoms with Gasteiger partial charge in [-0.15, -0.1) is 0 Å². The molecule has 1 rings (SSSR count). The van der Waals surface area contributed by atoms with E-state index in [0.717, 1.165) is 6.07 Å². The minimum absolute atomic E-state index is 0.187. The third-order valence-corrected chi connectivity index (χ3v) is 2.54. The Kier molecular flexibility index (Phi) is 4.95. The van der Waals surface area contributed by atoms with Crippen LogP contribution < -0.4 is 10.5 Å². The Morgan fingerprint density at radius 2 is 2.00 bits per heavy atom. The third kappa shape index (κ3) is 4.18. The summed E-state index contributed by atoms with van der Waals surface area (Å²) in [6.45, 7) is 1.80. The molecule has 1 aromatic carbocycles. The first-order valence-corrected chi connectivity index (χ1v) is 5.86. The molecule has 100 valence electrons. The van der Waals surface area contributed by atoms with E-state index in [-0.39, 0.29) is 17.2 Å². The van der Waals surface area contributed by atoms with Crippen molar-refractivity contribution in [3.05, 3.63) is 29.8 Å². The Morgan fingerprint density at radius 3 is 2.50 bits per heavy atom. The average molecular weight is 277 g/mol. The van der Waals surface area contributed by atoms with Crippen molar-refractivity contribution in [2.75, 3.05) is 0 Å². The second-order valence-corrected chi connectivity index (χ2v) is 4.34. The Labute approximate surface area is 109 Å². The lowest BCUT2D eigenvalue weighted by Gasteiger charge is -2.20. The van der Waals surface area contributed by atoms with Crippen LogP contribution in [0.25, 0.3) is 0 Å². The summed E-state index contributed by atoms with van der Waals surface area (Å²) in [6, 6.07) is 5.11. The number of benzene rings is 1. The van der Waals surface area contributed by atoms with E-state index in [1.807, 2.05) is 0 Å². The monoisotopic (exact) mass is 277 g/mol. The van der Waals surface area contributed by atoms with Gasteiger partial charge in [0, 0.05) is 6.42 Å². The number of hydrogen-bond acceptors (Lipinski definition) is 2. The first-order valence-electron chi connectivity index (χ1n) is 5.45. The molecule has 1 aromatic rings. The van der Waals surface area contributed by atoms with Crippen molar-refractivity contribution >= 4 is 17.2 Å². The number of nitrogens with two attached hydrogens (primary N) is 1. The second-order valence-electron chi connectivity index (χ2n) is 3.81. The molecule has 0 amide bonds. The number of halogens is 3. The summed E-state index contributed by atoms with van der Waals surface area (Å²) in [5.74, 6) is -0.187. The number of para-hydroxylation sites is 1. The van der Waals surface area contributed by atoms with E-state index < -0.39 is 17.8 Å². The zero-order chi connectivity index (χ0) is 13.8. The van der Waals surface area contributed by atoms with Gasteiger partial charge in [-0.1, -0.05) is 31.3 Å². The Morgan fingerprint density at radius 1 is 1.39 bits per heavy atom. The summed E-state index contributed by atoms with van der Waals surface area (Å²) < 4.78 is 43.5. The minimum Gasteiger partial charge on any atom is -0.489 e. The van der Waals surface area contributed by atoms with E-state index in [2.05, 4.69) is 0 Å². The summed E-state index contributed by atoms with van der Waals surface area (Å²) >= 11 is 4.74. The van der Waals surface area contributed by atoms with Crippen LogP contribution in [-0.4, -0.2) is 11.1 Å². The predicted molar refractivity (Wildman–Crippen MR) is 67.6 cm³/mol. The molecule has 0 saturated carbocycles. The number of hydrogen-bond donors (Lipinski definition) is 1. The molecule has 2 nitrogen and oxygen atoms in total. The van der Waals surface area contributed by atoms with Crippen LogP contribution in [0.1, 0.15) is 25.3 Å². The molecule has 18 heavy (non-hydrogen) atoms. The maximum atomic E-state index is 12.7. The van der Waals surface area contributed by atoms with Crippen LogP contribution in [0.4, 0.5) is 13.2 Å². The molecule has 0 aliphatic rings. The van der Waals surface area contributed by atoms with Crippen molar-refractivity contribution in [3.63, 3.8) is 0 Å². The van der Waals surface area contributed by atoms with Crippen LogP contribution in [0.15, 0.2) is 24.3 Å². The molecule has 0 heterocycles. The highest BCUT2D eigenvalue weighted by atomic mass is 32.1. The second kappa shape index (κ2) is 6.04. The fourth-order valence-electron chi connectivity index (χ4n) is 1.48. The summed E-state index contributed by atoms with van der Waals surface area (Å²) in [4.78, 5) is 0.228. The van der Waals surface area contributed by atoms with Crippen LogP contribution in [0.5, 0.6) is 5.75 Å². The lowest BCUT2D eigenvalue weighted by atomic mass is 10.1. The zero-order valence-corrected chi connectivity index (χ0v) is 10.6. The molecule has 0 aliphatic carbocycles. The van der Waals surface area contributed by atoms with Crippen molar-refractivity contribution in [2.45, 2.75) is 32.0 Å². The molecule has 0 aromatic heterocycles. The van der Waals surface area contributed by atoms with Crippen molar-refractivity contribution in [2.24, 2.45) is 5.73 Å². The van der Waals surface area contributed by atoms with Gasteiger partial charge in [0.15, 0.2) is 0 Å². The standard InChI is InChI=1S/C12H14F3NOS/c1-2-8(7-11(16)18)17-10-6-4-3-5-9(10)12(13,14)15/h3-6,8H,2,7H2,1H3,(H2,16,18). The van der Waals surface area contributed by atoms with Crippen molar-refractivity contribution in [1.29, 1.82) is 0 Å². The zero-order valence-electron chi connectivity index (χ0n) is 9.83. The molecule has 1 atom stereocenters. The fourth-order valence-corrected chi connectivity index (χ4v) is 1.66. The van der Waals surface area contributed by atoms with Crippen molar-refractivity contribution < 1.29 is 17.9 Å². The van der Waals surface area contributed by atoms with Crippen LogP contribution in [0, 0.1) is 0 Å². The quantitative estimate of drug-likeness (QED) is 0.836.